The Balaban J connectivity index is 1.69. The minimum absolute atomic E-state index is 0.00603. The smallest absolute Gasteiger partial charge is 0.339 e. The van der Waals surface area contributed by atoms with E-state index in [1.807, 2.05) is 6.07 Å². The summed E-state index contributed by atoms with van der Waals surface area (Å²) in [7, 11) is -2.52. The molecule has 28 heavy (non-hydrogen) atoms. The molecule has 8 heteroatoms. The number of methoxy groups -OCH3 is 1. The zero-order valence-electron chi connectivity index (χ0n) is 15.0. The van der Waals surface area contributed by atoms with E-state index in [1.54, 1.807) is 36.4 Å². The maximum Gasteiger partial charge on any atom is 0.339 e. The lowest BCUT2D eigenvalue weighted by Crippen LogP contribution is -2.19. The first-order valence-electron chi connectivity index (χ1n) is 8.28. The summed E-state index contributed by atoms with van der Waals surface area (Å²) in [6.45, 7) is 0. The molecule has 7 nitrogen and oxygen atoms in total. The van der Waals surface area contributed by atoms with Crippen molar-refractivity contribution in [3.8, 4) is 11.5 Å². The number of hydrogen-bond acceptors (Lipinski definition) is 5. The van der Waals surface area contributed by atoms with E-state index in [2.05, 4.69) is 10.6 Å². The summed E-state index contributed by atoms with van der Waals surface area (Å²) in [5.74, 6) is 0.614. The van der Waals surface area contributed by atoms with Crippen LogP contribution < -0.4 is 19.6 Å². The minimum atomic E-state index is -4.02. The topological polar surface area (TPSA) is 93.7 Å². The van der Waals surface area contributed by atoms with E-state index in [1.165, 1.54) is 43.5 Å². The van der Waals surface area contributed by atoms with Gasteiger partial charge in [-0.3, -0.25) is 0 Å². The molecule has 0 fully saturated rings. The first-order valence-corrected chi connectivity index (χ1v) is 9.69. The van der Waals surface area contributed by atoms with Crippen LogP contribution in [-0.4, -0.2) is 21.6 Å². The molecule has 3 rings (SSSR count). The number of nitrogens with one attached hydrogen (secondary N) is 2. The molecule has 3 aromatic rings. The number of carbonyl (C=O) groups excluding carboxylic acids is 1. The van der Waals surface area contributed by atoms with Gasteiger partial charge >= 0.3 is 16.1 Å². The highest BCUT2D eigenvalue weighted by atomic mass is 32.2. The third-order valence-corrected chi connectivity index (χ3v) is 4.94. The van der Waals surface area contributed by atoms with Gasteiger partial charge < -0.3 is 19.6 Å². The zero-order chi connectivity index (χ0) is 20.0. The lowest BCUT2D eigenvalue weighted by Gasteiger charge is -2.10. The molecule has 0 aliphatic rings. The third-order valence-electron chi connectivity index (χ3n) is 3.68. The van der Waals surface area contributed by atoms with Crippen molar-refractivity contribution in [3.63, 3.8) is 0 Å². The van der Waals surface area contributed by atoms with Crippen LogP contribution in [0.5, 0.6) is 11.5 Å². The molecule has 0 bridgehead atoms. The van der Waals surface area contributed by atoms with Gasteiger partial charge in [0.2, 0.25) is 0 Å². The molecule has 0 atom stereocenters. The van der Waals surface area contributed by atoms with Crippen molar-refractivity contribution in [2.45, 2.75) is 4.90 Å². The fraction of sp³-hybridized carbons (Fsp3) is 0.0500. The summed E-state index contributed by atoms with van der Waals surface area (Å²) in [4.78, 5) is 12.1. The predicted molar refractivity (Wildman–Crippen MR) is 106 cm³/mol. The van der Waals surface area contributed by atoms with Crippen LogP contribution in [0.3, 0.4) is 0 Å². The molecule has 0 radical (unpaired) electrons. The van der Waals surface area contributed by atoms with Crippen LogP contribution in [0.15, 0.2) is 83.8 Å². The summed E-state index contributed by atoms with van der Waals surface area (Å²) in [5.41, 5.74) is 1.02. The highest BCUT2D eigenvalue weighted by Gasteiger charge is 2.17. The predicted octanol–water partition coefficient (Wildman–Crippen LogP) is 4.11. The summed E-state index contributed by atoms with van der Waals surface area (Å²) in [6, 6.07) is 20.4. The Hall–Kier alpha value is -3.52. The second-order valence-corrected chi connectivity index (χ2v) is 7.23. The summed E-state index contributed by atoms with van der Waals surface area (Å²) in [6.07, 6.45) is 0. The Bertz CT molecular complexity index is 1050. The number of hydrogen-bond donors (Lipinski definition) is 2. The molecule has 0 heterocycles. The first kappa shape index (κ1) is 19.2. The number of amides is 2. The molecular weight excluding hydrogens is 380 g/mol. The normalized spacial score (nSPS) is 10.8. The van der Waals surface area contributed by atoms with E-state index in [9.17, 15) is 13.2 Å². The second kappa shape index (κ2) is 8.45. The minimum Gasteiger partial charge on any atom is -0.497 e. The first-order chi connectivity index (χ1) is 13.5. The summed E-state index contributed by atoms with van der Waals surface area (Å²) < 4.78 is 35.0. The van der Waals surface area contributed by atoms with E-state index in [-0.39, 0.29) is 10.6 Å². The molecule has 2 amide bonds. The van der Waals surface area contributed by atoms with Crippen LogP contribution in [-0.2, 0) is 10.1 Å². The van der Waals surface area contributed by atoms with Gasteiger partial charge in [-0.25, -0.2) is 4.79 Å². The van der Waals surface area contributed by atoms with Crippen LogP contribution in [0.1, 0.15) is 0 Å². The fourth-order valence-electron chi connectivity index (χ4n) is 2.36. The highest BCUT2D eigenvalue weighted by Crippen LogP contribution is 2.23. The van der Waals surface area contributed by atoms with E-state index in [0.717, 1.165) is 0 Å². The number of ether oxygens (including phenoxy) is 1. The molecule has 0 saturated carbocycles. The molecule has 0 aliphatic heterocycles. The maximum absolute atomic E-state index is 12.4. The summed E-state index contributed by atoms with van der Waals surface area (Å²) >= 11 is 0. The third kappa shape index (κ3) is 5.01. The van der Waals surface area contributed by atoms with Crippen molar-refractivity contribution in [1.82, 2.24) is 0 Å². The van der Waals surface area contributed by atoms with Gasteiger partial charge in [-0.05, 0) is 48.5 Å². The summed E-state index contributed by atoms with van der Waals surface area (Å²) in [5, 5.41) is 5.30. The molecule has 0 saturated heterocycles. The molecule has 3 aromatic carbocycles. The van der Waals surface area contributed by atoms with Gasteiger partial charge in [0.25, 0.3) is 0 Å². The Morgan fingerprint density at radius 1 is 0.786 bits per heavy atom. The molecule has 2 N–H and O–H groups in total. The van der Waals surface area contributed by atoms with Crippen LogP contribution in [0.4, 0.5) is 16.2 Å². The standard InChI is InChI=1S/C20H18N2O5S/c1-26-17-10-12-19(13-11-17)28(24,25)27-18-9-5-8-16(14-18)22-20(23)21-15-6-3-2-4-7-15/h2-14H,1H3,(H2,21,22,23). The average Bonchev–Trinajstić information content (AvgIpc) is 2.68. The Kier molecular flexibility index (Phi) is 5.81. The quantitative estimate of drug-likeness (QED) is 0.610. The van der Waals surface area contributed by atoms with Crippen LogP contribution >= 0.6 is 0 Å². The SMILES string of the molecule is COc1ccc(S(=O)(=O)Oc2cccc(NC(=O)Nc3ccccc3)c2)cc1. The van der Waals surface area contributed by atoms with E-state index < -0.39 is 16.1 Å². The van der Waals surface area contributed by atoms with Gasteiger partial charge in [-0.15, -0.1) is 0 Å². The number of carbonyl (C=O) groups is 1. The van der Waals surface area contributed by atoms with Crippen molar-refractivity contribution in [3.05, 3.63) is 78.9 Å². The van der Waals surface area contributed by atoms with Crippen LogP contribution in [0.25, 0.3) is 0 Å². The molecule has 144 valence electrons. The molecule has 0 unspecified atom stereocenters. The largest absolute Gasteiger partial charge is 0.497 e. The highest BCUT2D eigenvalue weighted by molar-refractivity contribution is 7.87. The van der Waals surface area contributed by atoms with Gasteiger partial charge in [-0.1, -0.05) is 24.3 Å². The van der Waals surface area contributed by atoms with Gasteiger partial charge in [0, 0.05) is 17.4 Å². The van der Waals surface area contributed by atoms with Crippen molar-refractivity contribution >= 4 is 27.5 Å². The van der Waals surface area contributed by atoms with Crippen molar-refractivity contribution in [2.75, 3.05) is 17.7 Å². The van der Waals surface area contributed by atoms with E-state index in [0.29, 0.717) is 17.1 Å². The van der Waals surface area contributed by atoms with Gasteiger partial charge in [-0.2, -0.15) is 8.42 Å². The Labute approximate surface area is 163 Å². The lowest BCUT2D eigenvalue weighted by atomic mass is 10.3. The van der Waals surface area contributed by atoms with Gasteiger partial charge in [0.1, 0.15) is 16.4 Å². The Morgan fingerprint density at radius 2 is 1.43 bits per heavy atom. The lowest BCUT2D eigenvalue weighted by molar-refractivity contribution is 0.262. The van der Waals surface area contributed by atoms with Crippen LogP contribution in [0, 0.1) is 0 Å². The maximum atomic E-state index is 12.4. The number of urea groups is 1. The molecular formula is C20H18N2O5S. The average molecular weight is 398 g/mol. The fourth-order valence-corrected chi connectivity index (χ4v) is 3.28. The second-order valence-electron chi connectivity index (χ2n) is 5.69. The van der Waals surface area contributed by atoms with E-state index in [4.69, 9.17) is 8.92 Å². The van der Waals surface area contributed by atoms with Crippen molar-refractivity contribution in [1.29, 1.82) is 0 Å². The number of anilines is 2. The zero-order valence-corrected chi connectivity index (χ0v) is 15.8. The van der Waals surface area contributed by atoms with Gasteiger partial charge in [0.05, 0.1) is 7.11 Å². The monoisotopic (exact) mass is 398 g/mol. The number of para-hydroxylation sites is 1. The van der Waals surface area contributed by atoms with Crippen molar-refractivity contribution < 1.29 is 22.1 Å². The van der Waals surface area contributed by atoms with Crippen LogP contribution in [0.2, 0.25) is 0 Å². The number of benzene rings is 3. The van der Waals surface area contributed by atoms with Crippen molar-refractivity contribution in [2.24, 2.45) is 0 Å². The van der Waals surface area contributed by atoms with Gasteiger partial charge in [0.15, 0.2) is 0 Å². The molecule has 0 spiro atoms. The Morgan fingerprint density at radius 3 is 2.11 bits per heavy atom. The molecule has 0 aliphatic carbocycles. The molecule has 0 aromatic heterocycles. The van der Waals surface area contributed by atoms with E-state index >= 15 is 0 Å². The number of rotatable bonds is 6.